The number of halogens is 3. The zero-order valence-electron chi connectivity index (χ0n) is 5.44. The first-order valence-corrected chi connectivity index (χ1v) is 2.58. The van der Waals surface area contributed by atoms with Gasteiger partial charge in [-0.05, 0) is 0 Å². The van der Waals surface area contributed by atoms with Crippen LogP contribution in [0.3, 0.4) is 0 Å². The van der Waals surface area contributed by atoms with Crippen molar-refractivity contribution >= 4 is 5.97 Å². The minimum Gasteiger partial charge on any atom is -0.456 e. The molecule has 0 aliphatic rings. The van der Waals surface area contributed by atoms with E-state index >= 15 is 0 Å². The zero-order valence-corrected chi connectivity index (χ0v) is 5.44. The van der Waals surface area contributed by atoms with Gasteiger partial charge in [-0.25, -0.2) is 4.79 Å². The van der Waals surface area contributed by atoms with Gasteiger partial charge in [-0.2, -0.15) is 13.2 Å². The van der Waals surface area contributed by atoms with Crippen LogP contribution in [-0.2, 0) is 9.53 Å². The first-order valence-electron chi connectivity index (χ1n) is 2.58. The Morgan fingerprint density at radius 3 is 2.36 bits per heavy atom. The Balaban J connectivity index is 4.04. The lowest BCUT2D eigenvalue weighted by Gasteiger charge is -1.96. The van der Waals surface area contributed by atoms with Gasteiger partial charge in [0.2, 0.25) is 0 Å². The molecule has 0 unspecified atom stereocenters. The molecule has 0 N–H and O–H groups in total. The number of carbonyl (C=O) groups is 1. The van der Waals surface area contributed by atoms with Crippen LogP contribution >= 0.6 is 0 Å². The standard InChI is InChI=1S/C6H5F3O2/c1-2-3-11-6(10)4(7)5(8)9/h2H,1,3H2. The maximum Gasteiger partial charge on any atom is 0.373 e. The second-order valence-corrected chi connectivity index (χ2v) is 1.46. The molecule has 0 rings (SSSR count). The lowest BCUT2D eigenvalue weighted by atomic mass is 10.6. The first kappa shape index (κ1) is 9.74. The van der Waals surface area contributed by atoms with Crippen LogP contribution in [-0.4, -0.2) is 12.6 Å². The van der Waals surface area contributed by atoms with Crippen molar-refractivity contribution in [1.29, 1.82) is 0 Å². The molecular formula is C6H5F3O2. The number of hydrogen-bond acceptors (Lipinski definition) is 2. The van der Waals surface area contributed by atoms with E-state index in [1.54, 1.807) is 0 Å². The predicted molar refractivity (Wildman–Crippen MR) is 31.5 cm³/mol. The van der Waals surface area contributed by atoms with E-state index in [4.69, 9.17) is 0 Å². The Kier molecular flexibility index (Phi) is 4.02. The van der Waals surface area contributed by atoms with E-state index in [1.165, 1.54) is 0 Å². The molecule has 0 radical (unpaired) electrons. The number of esters is 1. The second kappa shape index (κ2) is 4.54. The summed E-state index contributed by atoms with van der Waals surface area (Å²) in [5, 5.41) is 0. The van der Waals surface area contributed by atoms with E-state index < -0.39 is 17.9 Å². The summed E-state index contributed by atoms with van der Waals surface area (Å²) >= 11 is 0. The minimum atomic E-state index is -2.68. The van der Waals surface area contributed by atoms with Crippen LogP contribution < -0.4 is 0 Å². The Morgan fingerprint density at radius 2 is 2.00 bits per heavy atom. The Bertz CT molecular complexity index is 194. The molecule has 0 fully saturated rings. The van der Waals surface area contributed by atoms with Gasteiger partial charge in [0.25, 0.3) is 5.83 Å². The fourth-order valence-corrected chi connectivity index (χ4v) is 0.275. The van der Waals surface area contributed by atoms with Crippen LogP contribution in [0.2, 0.25) is 0 Å². The first-order chi connectivity index (χ1) is 5.09. The average molecular weight is 166 g/mol. The van der Waals surface area contributed by atoms with Crippen molar-refractivity contribution in [2.24, 2.45) is 0 Å². The lowest BCUT2D eigenvalue weighted by Crippen LogP contribution is -2.05. The number of ether oxygens (including phenoxy) is 1. The Labute approximate surface area is 61.0 Å². The molecule has 62 valence electrons. The van der Waals surface area contributed by atoms with Gasteiger partial charge < -0.3 is 4.74 Å². The summed E-state index contributed by atoms with van der Waals surface area (Å²) in [5.41, 5.74) is 0. The summed E-state index contributed by atoms with van der Waals surface area (Å²) in [6.07, 6.45) is -1.54. The predicted octanol–water partition coefficient (Wildman–Crippen LogP) is 1.79. The highest BCUT2D eigenvalue weighted by Crippen LogP contribution is 2.10. The topological polar surface area (TPSA) is 26.3 Å². The molecule has 0 saturated carbocycles. The third-order valence-electron chi connectivity index (χ3n) is 0.677. The molecule has 0 aromatic rings. The number of hydrogen-bond donors (Lipinski definition) is 0. The highest BCUT2D eigenvalue weighted by molar-refractivity contribution is 5.86. The average Bonchev–Trinajstić information content (AvgIpc) is 1.98. The maximum absolute atomic E-state index is 11.9. The van der Waals surface area contributed by atoms with E-state index in [-0.39, 0.29) is 6.61 Å². The largest absolute Gasteiger partial charge is 0.456 e. The molecular weight excluding hydrogens is 161 g/mol. The molecule has 5 heteroatoms. The summed E-state index contributed by atoms with van der Waals surface area (Å²) in [6.45, 7) is 2.84. The molecule has 0 spiro atoms. The fourth-order valence-electron chi connectivity index (χ4n) is 0.275. The van der Waals surface area contributed by atoms with Crippen LogP contribution in [0, 0.1) is 0 Å². The quantitative estimate of drug-likeness (QED) is 0.363. The van der Waals surface area contributed by atoms with E-state index in [0.717, 1.165) is 6.08 Å². The third-order valence-corrected chi connectivity index (χ3v) is 0.677. The third kappa shape index (κ3) is 3.44. The molecule has 0 bridgehead atoms. The number of carbonyl (C=O) groups excluding carboxylic acids is 1. The normalized spacial score (nSPS) is 8.64. The smallest absolute Gasteiger partial charge is 0.373 e. The van der Waals surface area contributed by atoms with Crippen molar-refractivity contribution in [3.05, 3.63) is 24.6 Å². The van der Waals surface area contributed by atoms with Gasteiger partial charge in [0, 0.05) is 0 Å². The van der Waals surface area contributed by atoms with Crippen LogP contribution in [0.1, 0.15) is 0 Å². The molecule has 0 saturated heterocycles. The Hall–Kier alpha value is -1.26. The summed E-state index contributed by atoms with van der Waals surface area (Å²) < 4.78 is 38.4. The van der Waals surface area contributed by atoms with Gasteiger partial charge in [-0.1, -0.05) is 12.7 Å². The lowest BCUT2D eigenvalue weighted by molar-refractivity contribution is -0.139. The van der Waals surface area contributed by atoms with Crippen molar-refractivity contribution < 1.29 is 22.7 Å². The highest BCUT2D eigenvalue weighted by Gasteiger charge is 2.16. The van der Waals surface area contributed by atoms with Gasteiger partial charge in [-0.3, -0.25) is 0 Å². The molecule has 0 aromatic carbocycles. The summed E-state index contributed by atoms with van der Waals surface area (Å²) in [4.78, 5) is 10.2. The number of rotatable bonds is 3. The van der Waals surface area contributed by atoms with Gasteiger partial charge in [0.05, 0.1) is 0 Å². The molecule has 2 nitrogen and oxygen atoms in total. The van der Waals surface area contributed by atoms with Gasteiger partial charge >= 0.3 is 12.0 Å². The van der Waals surface area contributed by atoms with E-state index in [2.05, 4.69) is 11.3 Å². The fraction of sp³-hybridized carbons (Fsp3) is 0.167. The molecule has 0 amide bonds. The van der Waals surface area contributed by atoms with Crippen molar-refractivity contribution in [2.75, 3.05) is 6.61 Å². The molecule has 11 heavy (non-hydrogen) atoms. The summed E-state index contributed by atoms with van der Waals surface area (Å²) in [6, 6.07) is 0. The molecule has 0 aromatic heterocycles. The van der Waals surface area contributed by atoms with E-state index in [1.807, 2.05) is 0 Å². The van der Waals surface area contributed by atoms with Gasteiger partial charge in [-0.15, -0.1) is 0 Å². The summed E-state index contributed by atoms with van der Waals surface area (Å²) in [5.74, 6) is -3.84. The van der Waals surface area contributed by atoms with Crippen LogP contribution in [0.25, 0.3) is 0 Å². The van der Waals surface area contributed by atoms with E-state index in [9.17, 15) is 18.0 Å². The highest BCUT2D eigenvalue weighted by atomic mass is 19.3. The van der Waals surface area contributed by atoms with Gasteiger partial charge in [0.15, 0.2) is 0 Å². The molecule has 0 atom stereocenters. The van der Waals surface area contributed by atoms with E-state index in [0.29, 0.717) is 0 Å². The molecule has 0 heterocycles. The van der Waals surface area contributed by atoms with Crippen molar-refractivity contribution in [3.63, 3.8) is 0 Å². The van der Waals surface area contributed by atoms with Crippen LogP contribution in [0.15, 0.2) is 24.6 Å². The van der Waals surface area contributed by atoms with Crippen molar-refractivity contribution in [1.82, 2.24) is 0 Å². The van der Waals surface area contributed by atoms with Crippen LogP contribution in [0.5, 0.6) is 0 Å². The van der Waals surface area contributed by atoms with Gasteiger partial charge in [0.1, 0.15) is 6.61 Å². The SMILES string of the molecule is C=CCOC(=O)C(F)=C(F)F. The second-order valence-electron chi connectivity index (χ2n) is 1.46. The van der Waals surface area contributed by atoms with Crippen molar-refractivity contribution in [2.45, 2.75) is 0 Å². The zero-order chi connectivity index (χ0) is 8.85. The molecule has 0 aliphatic heterocycles. The monoisotopic (exact) mass is 166 g/mol. The molecule has 0 aliphatic carbocycles. The minimum absolute atomic E-state index is 0.292. The van der Waals surface area contributed by atoms with Crippen LogP contribution in [0.4, 0.5) is 13.2 Å². The summed E-state index contributed by atoms with van der Waals surface area (Å²) in [7, 11) is 0. The Morgan fingerprint density at radius 1 is 1.45 bits per heavy atom. The van der Waals surface area contributed by atoms with Crippen molar-refractivity contribution in [3.8, 4) is 0 Å². The maximum atomic E-state index is 11.9.